The molecule has 0 aromatic heterocycles. The van der Waals surface area contributed by atoms with Crippen molar-refractivity contribution in [2.75, 3.05) is 13.2 Å². The summed E-state index contributed by atoms with van der Waals surface area (Å²) < 4.78 is 5.50. The van der Waals surface area contributed by atoms with E-state index in [2.05, 4.69) is 11.4 Å². The molecule has 0 saturated carbocycles. The maximum Gasteiger partial charge on any atom is 0.325 e. The number of aryl methyl sites for hydroxylation is 1. The maximum atomic E-state index is 13.1. The van der Waals surface area contributed by atoms with Crippen LogP contribution in [0.4, 0.5) is 4.79 Å². The fraction of sp³-hybridized carbons (Fsp3) is 0.556. The van der Waals surface area contributed by atoms with Crippen LogP contribution >= 0.6 is 0 Å². The second-order valence-electron chi connectivity index (χ2n) is 6.58. The van der Waals surface area contributed by atoms with Crippen LogP contribution < -0.4 is 5.32 Å². The van der Waals surface area contributed by atoms with Crippen LogP contribution in [0.3, 0.4) is 0 Å². The standard InChI is InChI=1S/C18H24N2O3/c1-13(2)23-12-11-20-16(21)18(19-17(20)22)10-6-5-8-14-7-3-4-9-15(14)18/h3-4,7,9,13H,5-6,8,10-12H2,1-2H3,(H,19,22). The molecule has 1 fully saturated rings. The average Bonchev–Trinajstić information content (AvgIpc) is 2.68. The van der Waals surface area contributed by atoms with Crippen molar-refractivity contribution in [1.29, 1.82) is 0 Å². The largest absolute Gasteiger partial charge is 0.377 e. The minimum Gasteiger partial charge on any atom is -0.377 e. The molecule has 1 aliphatic heterocycles. The topological polar surface area (TPSA) is 58.6 Å². The highest BCUT2D eigenvalue weighted by molar-refractivity contribution is 6.07. The van der Waals surface area contributed by atoms with Crippen molar-refractivity contribution in [2.24, 2.45) is 0 Å². The van der Waals surface area contributed by atoms with Crippen LogP contribution in [0.1, 0.15) is 44.2 Å². The monoisotopic (exact) mass is 316 g/mol. The van der Waals surface area contributed by atoms with Gasteiger partial charge in [0.1, 0.15) is 5.54 Å². The van der Waals surface area contributed by atoms with E-state index >= 15 is 0 Å². The lowest BCUT2D eigenvalue weighted by atomic mass is 9.84. The number of hydrogen-bond donors (Lipinski definition) is 1. The molecule has 1 atom stereocenters. The Balaban J connectivity index is 1.88. The van der Waals surface area contributed by atoms with E-state index < -0.39 is 5.54 Å². The van der Waals surface area contributed by atoms with E-state index in [-0.39, 0.29) is 18.0 Å². The SMILES string of the molecule is CC(C)OCCN1C(=O)NC2(CCCCc3ccccc32)C1=O. The smallest absolute Gasteiger partial charge is 0.325 e. The van der Waals surface area contributed by atoms with Crippen molar-refractivity contribution in [1.82, 2.24) is 10.2 Å². The predicted octanol–water partition coefficient (Wildman–Crippen LogP) is 2.59. The van der Waals surface area contributed by atoms with Crippen LogP contribution in [-0.4, -0.2) is 36.1 Å². The third kappa shape index (κ3) is 2.85. The molecule has 1 aromatic rings. The number of carbonyl (C=O) groups excluding carboxylic acids is 2. The van der Waals surface area contributed by atoms with Crippen molar-refractivity contribution in [3.63, 3.8) is 0 Å². The summed E-state index contributed by atoms with van der Waals surface area (Å²) in [6, 6.07) is 7.67. The first-order chi connectivity index (χ1) is 11.0. The zero-order chi connectivity index (χ0) is 16.4. The fourth-order valence-electron chi connectivity index (χ4n) is 3.56. The molecule has 1 aromatic carbocycles. The van der Waals surface area contributed by atoms with Crippen molar-refractivity contribution >= 4 is 11.9 Å². The summed E-state index contributed by atoms with van der Waals surface area (Å²) in [5.74, 6) is -0.135. The van der Waals surface area contributed by atoms with Gasteiger partial charge in [0.05, 0.1) is 19.3 Å². The summed E-state index contributed by atoms with van der Waals surface area (Å²) in [5.41, 5.74) is 1.24. The number of urea groups is 1. The first-order valence-electron chi connectivity index (χ1n) is 8.39. The first-order valence-corrected chi connectivity index (χ1v) is 8.39. The van der Waals surface area contributed by atoms with Crippen molar-refractivity contribution in [3.8, 4) is 0 Å². The Labute approximate surface area is 137 Å². The Morgan fingerprint density at radius 3 is 2.83 bits per heavy atom. The molecule has 0 radical (unpaired) electrons. The van der Waals surface area contributed by atoms with Crippen LogP contribution in [0, 0.1) is 0 Å². The van der Waals surface area contributed by atoms with E-state index in [9.17, 15) is 9.59 Å². The van der Waals surface area contributed by atoms with Gasteiger partial charge in [-0.3, -0.25) is 9.69 Å². The Morgan fingerprint density at radius 1 is 1.26 bits per heavy atom. The Morgan fingerprint density at radius 2 is 2.04 bits per heavy atom. The summed E-state index contributed by atoms with van der Waals surface area (Å²) in [7, 11) is 0. The molecule has 23 heavy (non-hydrogen) atoms. The molecule has 0 bridgehead atoms. The van der Waals surface area contributed by atoms with Crippen LogP contribution in [0.15, 0.2) is 24.3 Å². The van der Waals surface area contributed by atoms with Crippen LogP contribution in [0.25, 0.3) is 0 Å². The molecule has 2 aliphatic rings. The van der Waals surface area contributed by atoms with Gasteiger partial charge in [0, 0.05) is 0 Å². The number of amides is 3. The number of imide groups is 1. The summed E-state index contributed by atoms with van der Waals surface area (Å²) in [6.45, 7) is 4.55. The van der Waals surface area contributed by atoms with Crippen LogP contribution in [-0.2, 0) is 21.5 Å². The van der Waals surface area contributed by atoms with Crippen molar-refractivity contribution in [2.45, 2.75) is 51.2 Å². The average molecular weight is 316 g/mol. The van der Waals surface area contributed by atoms with Gasteiger partial charge in [-0.05, 0) is 50.7 Å². The second-order valence-corrected chi connectivity index (χ2v) is 6.58. The number of rotatable bonds is 4. The van der Waals surface area contributed by atoms with Gasteiger partial charge in [0.15, 0.2) is 0 Å². The summed E-state index contributed by atoms with van der Waals surface area (Å²) in [4.78, 5) is 26.8. The predicted molar refractivity (Wildman–Crippen MR) is 87.0 cm³/mol. The number of benzene rings is 1. The number of ether oxygens (including phenoxy) is 1. The van der Waals surface area contributed by atoms with E-state index in [0.717, 1.165) is 24.8 Å². The first kappa shape index (κ1) is 16.0. The van der Waals surface area contributed by atoms with Gasteiger partial charge in [0.2, 0.25) is 0 Å². The summed E-state index contributed by atoms with van der Waals surface area (Å²) in [5, 5.41) is 2.99. The molecule has 1 saturated heterocycles. The van der Waals surface area contributed by atoms with E-state index in [0.29, 0.717) is 19.6 Å². The molecular formula is C18H24N2O3. The molecular weight excluding hydrogens is 292 g/mol. The lowest BCUT2D eigenvalue weighted by Crippen LogP contribution is -2.44. The summed E-state index contributed by atoms with van der Waals surface area (Å²) in [6.07, 6.45) is 3.67. The second kappa shape index (κ2) is 6.32. The molecule has 124 valence electrons. The molecule has 1 aliphatic carbocycles. The normalized spacial score (nSPS) is 24.0. The van der Waals surface area contributed by atoms with Gasteiger partial charge in [0.25, 0.3) is 5.91 Å². The summed E-state index contributed by atoms with van der Waals surface area (Å²) >= 11 is 0. The number of fused-ring (bicyclic) bond motifs is 2. The van der Waals surface area contributed by atoms with Gasteiger partial charge in [-0.1, -0.05) is 24.3 Å². The Hall–Kier alpha value is -1.88. The third-order valence-electron chi connectivity index (χ3n) is 4.67. The van der Waals surface area contributed by atoms with Crippen molar-refractivity contribution in [3.05, 3.63) is 35.4 Å². The lowest BCUT2D eigenvalue weighted by Gasteiger charge is -2.27. The van der Waals surface area contributed by atoms with Gasteiger partial charge >= 0.3 is 6.03 Å². The van der Waals surface area contributed by atoms with Crippen LogP contribution in [0.2, 0.25) is 0 Å². The highest BCUT2D eigenvalue weighted by Gasteiger charge is 2.52. The zero-order valence-corrected chi connectivity index (χ0v) is 13.8. The molecule has 1 unspecified atom stereocenters. The maximum absolute atomic E-state index is 13.1. The van der Waals surface area contributed by atoms with Gasteiger partial charge in [-0.25, -0.2) is 4.79 Å². The minimum atomic E-state index is -0.887. The molecule has 5 nitrogen and oxygen atoms in total. The Bertz CT molecular complexity index is 614. The van der Waals surface area contributed by atoms with Crippen LogP contribution in [0.5, 0.6) is 0 Å². The molecule has 3 amide bonds. The van der Waals surface area contributed by atoms with E-state index in [1.165, 1.54) is 10.5 Å². The van der Waals surface area contributed by atoms with E-state index in [1.807, 2.05) is 32.0 Å². The van der Waals surface area contributed by atoms with E-state index in [1.54, 1.807) is 0 Å². The molecule has 1 heterocycles. The zero-order valence-electron chi connectivity index (χ0n) is 13.8. The molecule has 5 heteroatoms. The number of nitrogens with zero attached hydrogens (tertiary/aromatic N) is 1. The fourth-order valence-corrected chi connectivity index (χ4v) is 3.56. The highest BCUT2D eigenvalue weighted by Crippen LogP contribution is 2.38. The van der Waals surface area contributed by atoms with Gasteiger partial charge in [-0.15, -0.1) is 0 Å². The molecule has 1 N–H and O–H groups in total. The molecule has 1 spiro atoms. The third-order valence-corrected chi connectivity index (χ3v) is 4.67. The van der Waals surface area contributed by atoms with E-state index in [4.69, 9.17) is 4.74 Å². The van der Waals surface area contributed by atoms with Gasteiger partial charge < -0.3 is 10.1 Å². The van der Waals surface area contributed by atoms with Crippen molar-refractivity contribution < 1.29 is 14.3 Å². The molecule has 3 rings (SSSR count). The Kier molecular flexibility index (Phi) is 4.39. The number of hydrogen-bond acceptors (Lipinski definition) is 3. The quantitative estimate of drug-likeness (QED) is 0.869. The minimum absolute atomic E-state index is 0.0864. The lowest BCUT2D eigenvalue weighted by molar-refractivity contribution is -0.132. The van der Waals surface area contributed by atoms with Gasteiger partial charge in [-0.2, -0.15) is 0 Å². The number of carbonyl (C=O) groups is 2. The highest BCUT2D eigenvalue weighted by atomic mass is 16.5. The number of nitrogens with one attached hydrogen (secondary N) is 1.